The summed E-state index contributed by atoms with van der Waals surface area (Å²) < 4.78 is 0. The van der Waals surface area contributed by atoms with Gasteiger partial charge in [0, 0.05) is 6.20 Å². The number of thioether (sulfide) groups is 1. The van der Waals surface area contributed by atoms with Crippen LogP contribution >= 0.6 is 11.8 Å². The highest BCUT2D eigenvalue weighted by Crippen LogP contribution is 2.16. The number of aryl methyl sites for hydroxylation is 1. The van der Waals surface area contributed by atoms with E-state index in [-0.39, 0.29) is 23.3 Å². The molecular weight excluding hydrogens is 336 g/mol. The van der Waals surface area contributed by atoms with E-state index in [2.05, 4.69) is 20.3 Å². The first kappa shape index (κ1) is 17.2. The molecule has 0 saturated heterocycles. The van der Waals surface area contributed by atoms with Crippen LogP contribution in [0.5, 0.6) is 0 Å². The van der Waals surface area contributed by atoms with E-state index in [1.165, 1.54) is 11.8 Å². The fourth-order valence-corrected chi connectivity index (χ4v) is 3.25. The molecule has 25 heavy (non-hydrogen) atoms. The minimum Gasteiger partial charge on any atom is -0.347 e. The number of H-pyrrole nitrogens is 1. The van der Waals surface area contributed by atoms with Gasteiger partial charge in [0.1, 0.15) is 0 Å². The monoisotopic (exact) mass is 354 g/mol. The lowest BCUT2D eigenvalue weighted by Gasteiger charge is -2.15. The molecule has 2 aromatic heterocycles. The predicted octanol–water partition coefficient (Wildman–Crippen LogP) is 2.60. The first-order chi connectivity index (χ1) is 12.0. The number of benzene rings is 1. The van der Waals surface area contributed by atoms with Crippen molar-refractivity contribution in [2.24, 2.45) is 0 Å². The number of rotatable bonds is 5. The minimum absolute atomic E-state index is 0.140. The lowest BCUT2D eigenvalue weighted by molar-refractivity contribution is -0.119. The lowest BCUT2D eigenvalue weighted by atomic mass is 10.1. The van der Waals surface area contributed by atoms with E-state index >= 15 is 0 Å². The van der Waals surface area contributed by atoms with Crippen LogP contribution in [-0.4, -0.2) is 26.6 Å². The largest absolute Gasteiger partial charge is 0.347 e. The van der Waals surface area contributed by atoms with Gasteiger partial charge in [0.05, 0.1) is 28.4 Å². The molecule has 0 radical (unpaired) electrons. The maximum Gasteiger partial charge on any atom is 0.259 e. The van der Waals surface area contributed by atoms with Crippen molar-refractivity contribution in [2.45, 2.75) is 25.0 Å². The average molecular weight is 354 g/mol. The van der Waals surface area contributed by atoms with Crippen LogP contribution in [0.4, 0.5) is 0 Å². The van der Waals surface area contributed by atoms with Gasteiger partial charge in [-0.1, -0.05) is 30.0 Å². The number of nitrogens with one attached hydrogen (secondary N) is 2. The number of aromatic nitrogens is 3. The van der Waals surface area contributed by atoms with Crippen LogP contribution in [0, 0.1) is 6.92 Å². The number of fused-ring (bicyclic) bond motifs is 1. The molecule has 7 heteroatoms. The van der Waals surface area contributed by atoms with Gasteiger partial charge < -0.3 is 10.3 Å². The Kier molecular flexibility index (Phi) is 5.14. The summed E-state index contributed by atoms with van der Waals surface area (Å²) in [5.74, 6) is 0.0238. The molecule has 1 aromatic carbocycles. The molecule has 2 N–H and O–H groups in total. The van der Waals surface area contributed by atoms with Crippen LogP contribution in [0.15, 0.2) is 52.5 Å². The summed E-state index contributed by atoms with van der Waals surface area (Å²) in [6.45, 7) is 3.86. The van der Waals surface area contributed by atoms with Gasteiger partial charge >= 0.3 is 0 Å². The normalized spacial score (nSPS) is 12.1. The molecule has 1 amide bonds. The predicted molar refractivity (Wildman–Crippen MR) is 98.6 cm³/mol. The highest BCUT2D eigenvalue weighted by Gasteiger charge is 2.13. The molecule has 3 rings (SSSR count). The van der Waals surface area contributed by atoms with Crippen LogP contribution in [-0.2, 0) is 4.79 Å². The number of nitrogens with zero attached hydrogens (tertiary/aromatic N) is 2. The van der Waals surface area contributed by atoms with Crippen molar-refractivity contribution in [3.8, 4) is 0 Å². The zero-order valence-electron chi connectivity index (χ0n) is 13.9. The summed E-state index contributed by atoms with van der Waals surface area (Å²) in [7, 11) is 0. The topological polar surface area (TPSA) is 87.7 Å². The van der Waals surface area contributed by atoms with Crippen molar-refractivity contribution < 1.29 is 4.79 Å². The molecule has 6 nitrogen and oxygen atoms in total. The number of hydrogen-bond acceptors (Lipinski definition) is 5. The molecule has 0 saturated carbocycles. The Morgan fingerprint density at radius 3 is 2.88 bits per heavy atom. The van der Waals surface area contributed by atoms with Crippen LogP contribution in [0.3, 0.4) is 0 Å². The first-order valence-corrected chi connectivity index (χ1v) is 8.86. The Morgan fingerprint density at radius 2 is 2.08 bits per heavy atom. The highest BCUT2D eigenvalue weighted by molar-refractivity contribution is 7.99. The number of para-hydroxylation sites is 1. The Balaban J connectivity index is 1.65. The summed E-state index contributed by atoms with van der Waals surface area (Å²) in [6, 6.07) is 10.8. The molecule has 128 valence electrons. The summed E-state index contributed by atoms with van der Waals surface area (Å²) in [4.78, 5) is 35.6. The zero-order chi connectivity index (χ0) is 17.8. The van der Waals surface area contributed by atoms with E-state index in [1.54, 1.807) is 24.4 Å². The van der Waals surface area contributed by atoms with Gasteiger partial charge in [0.25, 0.3) is 5.56 Å². The van der Waals surface area contributed by atoms with Crippen LogP contribution in [0.2, 0.25) is 0 Å². The molecule has 1 atom stereocenters. The van der Waals surface area contributed by atoms with Crippen molar-refractivity contribution in [2.75, 3.05) is 5.75 Å². The second kappa shape index (κ2) is 7.48. The maximum absolute atomic E-state index is 12.2. The third-order valence-corrected chi connectivity index (χ3v) is 4.64. The molecule has 3 aromatic rings. The van der Waals surface area contributed by atoms with Gasteiger partial charge in [0.15, 0.2) is 5.16 Å². The highest BCUT2D eigenvalue weighted by atomic mass is 32.2. The Morgan fingerprint density at radius 1 is 1.28 bits per heavy atom. The minimum atomic E-state index is -0.203. The van der Waals surface area contributed by atoms with Gasteiger partial charge in [-0.3, -0.25) is 14.6 Å². The molecule has 0 aliphatic carbocycles. The van der Waals surface area contributed by atoms with Crippen molar-refractivity contribution in [3.63, 3.8) is 0 Å². The number of hydrogen-bond donors (Lipinski definition) is 2. The van der Waals surface area contributed by atoms with Gasteiger partial charge in [-0.25, -0.2) is 4.98 Å². The third-order valence-electron chi connectivity index (χ3n) is 3.77. The van der Waals surface area contributed by atoms with Crippen molar-refractivity contribution in [1.29, 1.82) is 0 Å². The van der Waals surface area contributed by atoms with Crippen LogP contribution < -0.4 is 10.9 Å². The molecule has 0 unspecified atom stereocenters. The lowest BCUT2D eigenvalue weighted by Crippen LogP contribution is -2.29. The van der Waals surface area contributed by atoms with E-state index in [4.69, 9.17) is 0 Å². The smallest absolute Gasteiger partial charge is 0.259 e. The van der Waals surface area contributed by atoms with E-state index in [0.717, 1.165) is 11.3 Å². The van der Waals surface area contributed by atoms with Crippen LogP contribution in [0.1, 0.15) is 24.2 Å². The number of carbonyl (C=O) groups excluding carboxylic acids is 1. The summed E-state index contributed by atoms with van der Waals surface area (Å²) in [5.41, 5.74) is 2.29. The van der Waals surface area contributed by atoms with Gasteiger partial charge in [-0.2, -0.15) is 0 Å². The van der Waals surface area contributed by atoms with Crippen molar-refractivity contribution in [3.05, 3.63) is 64.2 Å². The van der Waals surface area contributed by atoms with Gasteiger partial charge in [0.2, 0.25) is 5.91 Å². The summed E-state index contributed by atoms with van der Waals surface area (Å²) in [5, 5.41) is 3.89. The van der Waals surface area contributed by atoms with Gasteiger partial charge in [-0.15, -0.1) is 0 Å². The first-order valence-electron chi connectivity index (χ1n) is 7.87. The Hall–Kier alpha value is -2.67. The quantitative estimate of drug-likeness (QED) is 0.543. The Labute approximate surface area is 149 Å². The number of carbonyl (C=O) groups is 1. The Bertz CT molecular complexity index is 970. The molecule has 0 aliphatic heterocycles. The average Bonchev–Trinajstić information content (AvgIpc) is 2.60. The number of amides is 1. The second-order valence-corrected chi connectivity index (χ2v) is 6.64. The molecule has 0 bridgehead atoms. The molecule has 0 aliphatic rings. The summed E-state index contributed by atoms with van der Waals surface area (Å²) >= 11 is 1.20. The maximum atomic E-state index is 12.2. The van der Waals surface area contributed by atoms with Crippen molar-refractivity contribution >= 4 is 28.6 Å². The van der Waals surface area contributed by atoms with E-state index in [0.29, 0.717) is 16.1 Å². The SMILES string of the molecule is Cc1cccnc1[C@H](C)NC(=O)CSc1nc2ccccc2c(=O)[nH]1. The number of pyridine rings is 1. The van der Waals surface area contributed by atoms with E-state index in [1.807, 2.05) is 32.0 Å². The molecular formula is C18H18N4O2S. The van der Waals surface area contributed by atoms with E-state index in [9.17, 15) is 9.59 Å². The molecule has 0 spiro atoms. The van der Waals surface area contributed by atoms with Crippen molar-refractivity contribution in [1.82, 2.24) is 20.3 Å². The third kappa shape index (κ3) is 4.06. The number of aromatic amines is 1. The fraction of sp³-hybridized carbons (Fsp3) is 0.222. The summed E-state index contributed by atoms with van der Waals surface area (Å²) in [6.07, 6.45) is 1.71. The second-order valence-electron chi connectivity index (χ2n) is 5.67. The standard InChI is InChI=1S/C18H18N4O2S/c1-11-6-5-9-19-16(11)12(2)20-15(23)10-25-18-21-14-8-4-3-7-13(14)17(24)22-18/h3-9,12H,10H2,1-2H3,(H,20,23)(H,21,22,24)/t12-/m0/s1. The fourth-order valence-electron chi connectivity index (χ4n) is 2.57. The molecule has 0 fully saturated rings. The van der Waals surface area contributed by atoms with E-state index < -0.39 is 0 Å². The zero-order valence-corrected chi connectivity index (χ0v) is 14.8. The molecule has 2 heterocycles. The van der Waals surface area contributed by atoms with Gasteiger partial charge in [-0.05, 0) is 37.6 Å². The van der Waals surface area contributed by atoms with Crippen LogP contribution in [0.25, 0.3) is 10.9 Å².